The summed E-state index contributed by atoms with van der Waals surface area (Å²) >= 11 is 0. The van der Waals surface area contributed by atoms with Gasteiger partial charge in [0.15, 0.2) is 0 Å². The Bertz CT molecular complexity index is 249. The lowest BCUT2D eigenvalue weighted by Crippen LogP contribution is -2.34. The second-order valence-corrected chi connectivity index (χ2v) is 5.07. The molecule has 2 aliphatic rings. The van der Waals surface area contributed by atoms with Gasteiger partial charge in [0.2, 0.25) is 0 Å². The van der Waals surface area contributed by atoms with Crippen molar-refractivity contribution >= 4 is 5.97 Å². The van der Waals surface area contributed by atoms with Crippen molar-refractivity contribution in [2.45, 2.75) is 32.2 Å². The Hall–Kier alpha value is -0.610. The average Bonchev–Trinajstić information content (AvgIpc) is 2.50. The Kier molecular flexibility index (Phi) is 3.82. The number of rotatable bonds is 2. The second-order valence-electron chi connectivity index (χ2n) is 5.07. The SMILES string of the molecule is C[C@@H]1CN(C2CCCOCC2)C[C@H]1C(=O)O. The van der Waals surface area contributed by atoms with E-state index in [9.17, 15) is 4.79 Å². The number of carboxylic acid groups (broad SMARTS) is 1. The second kappa shape index (κ2) is 5.15. The van der Waals surface area contributed by atoms with Gasteiger partial charge in [0.05, 0.1) is 5.92 Å². The third kappa shape index (κ3) is 2.55. The Morgan fingerprint density at radius 3 is 2.81 bits per heavy atom. The standard InChI is InChI=1S/C12H21NO3/c1-9-7-13(8-11(9)12(14)15)10-3-2-5-16-6-4-10/h9-11H,2-8H2,1H3,(H,14,15)/t9-,10?,11-/m1/s1. The lowest BCUT2D eigenvalue weighted by atomic mass is 9.99. The molecule has 0 saturated carbocycles. The van der Waals surface area contributed by atoms with Crippen molar-refractivity contribution in [2.24, 2.45) is 11.8 Å². The zero-order valence-electron chi connectivity index (χ0n) is 9.89. The summed E-state index contributed by atoms with van der Waals surface area (Å²) in [7, 11) is 0. The van der Waals surface area contributed by atoms with Gasteiger partial charge in [0, 0.05) is 32.3 Å². The number of ether oxygens (including phenoxy) is 1. The minimum atomic E-state index is -0.639. The molecule has 2 aliphatic heterocycles. The molecule has 0 amide bonds. The summed E-state index contributed by atoms with van der Waals surface area (Å²) in [6, 6.07) is 0.536. The van der Waals surface area contributed by atoms with Crippen molar-refractivity contribution in [1.82, 2.24) is 4.90 Å². The number of hydrogen-bond donors (Lipinski definition) is 1. The lowest BCUT2D eigenvalue weighted by molar-refractivity contribution is -0.142. The number of likely N-dealkylation sites (tertiary alicyclic amines) is 1. The molecule has 0 aliphatic carbocycles. The van der Waals surface area contributed by atoms with Crippen LogP contribution in [0.1, 0.15) is 26.2 Å². The number of hydrogen-bond acceptors (Lipinski definition) is 3. The van der Waals surface area contributed by atoms with Crippen molar-refractivity contribution in [3.05, 3.63) is 0 Å². The maximum Gasteiger partial charge on any atom is 0.308 e. The predicted octanol–water partition coefficient (Wildman–Crippen LogP) is 1.21. The summed E-state index contributed by atoms with van der Waals surface area (Å²) in [5.74, 6) is -0.536. The minimum absolute atomic E-state index is 0.177. The Morgan fingerprint density at radius 1 is 1.31 bits per heavy atom. The summed E-state index contributed by atoms with van der Waals surface area (Å²) < 4.78 is 5.44. The first-order valence-electron chi connectivity index (χ1n) is 6.23. The summed E-state index contributed by atoms with van der Waals surface area (Å²) in [6.45, 7) is 5.39. The molecule has 2 heterocycles. The highest BCUT2D eigenvalue weighted by atomic mass is 16.5. The number of aliphatic carboxylic acids is 1. The maximum absolute atomic E-state index is 11.1. The molecule has 0 bridgehead atoms. The van der Waals surface area contributed by atoms with Crippen molar-refractivity contribution in [3.63, 3.8) is 0 Å². The van der Waals surface area contributed by atoms with Gasteiger partial charge in [-0.2, -0.15) is 0 Å². The average molecular weight is 227 g/mol. The topological polar surface area (TPSA) is 49.8 Å². The molecule has 4 nitrogen and oxygen atoms in total. The molecular formula is C12H21NO3. The van der Waals surface area contributed by atoms with Gasteiger partial charge in [-0.1, -0.05) is 6.92 Å². The molecule has 1 unspecified atom stereocenters. The van der Waals surface area contributed by atoms with E-state index >= 15 is 0 Å². The van der Waals surface area contributed by atoms with Gasteiger partial charge in [-0.05, 0) is 25.2 Å². The van der Waals surface area contributed by atoms with Crippen LogP contribution in [-0.4, -0.2) is 48.3 Å². The van der Waals surface area contributed by atoms with Crippen molar-refractivity contribution in [1.29, 1.82) is 0 Å². The van der Waals surface area contributed by atoms with Gasteiger partial charge < -0.3 is 9.84 Å². The third-order valence-electron chi connectivity index (χ3n) is 3.90. The molecule has 3 atom stereocenters. The molecule has 2 saturated heterocycles. The molecule has 0 aromatic carbocycles. The molecule has 92 valence electrons. The van der Waals surface area contributed by atoms with Crippen LogP contribution in [0.4, 0.5) is 0 Å². The van der Waals surface area contributed by atoms with Gasteiger partial charge >= 0.3 is 5.97 Å². The van der Waals surface area contributed by atoms with Crippen LogP contribution in [0.2, 0.25) is 0 Å². The summed E-state index contributed by atoms with van der Waals surface area (Å²) in [5, 5.41) is 9.10. The van der Waals surface area contributed by atoms with Gasteiger partial charge in [-0.25, -0.2) is 0 Å². The number of carboxylic acids is 1. The van der Waals surface area contributed by atoms with Crippen molar-refractivity contribution in [2.75, 3.05) is 26.3 Å². The van der Waals surface area contributed by atoms with Crippen LogP contribution in [0.15, 0.2) is 0 Å². The van der Waals surface area contributed by atoms with Crippen LogP contribution in [0, 0.1) is 11.8 Å². The fourth-order valence-corrected chi connectivity index (χ4v) is 2.88. The Labute approximate surface area is 96.6 Å². The fourth-order valence-electron chi connectivity index (χ4n) is 2.88. The van der Waals surface area contributed by atoms with Crippen LogP contribution in [0.25, 0.3) is 0 Å². The van der Waals surface area contributed by atoms with Crippen LogP contribution in [0.5, 0.6) is 0 Å². The van der Waals surface area contributed by atoms with Crippen LogP contribution in [0.3, 0.4) is 0 Å². The van der Waals surface area contributed by atoms with Gasteiger partial charge in [-0.15, -0.1) is 0 Å². The molecule has 0 radical (unpaired) electrons. The molecule has 0 aromatic rings. The first-order valence-corrected chi connectivity index (χ1v) is 6.23. The molecule has 1 N–H and O–H groups in total. The van der Waals surface area contributed by atoms with E-state index in [2.05, 4.69) is 4.90 Å². The monoisotopic (exact) mass is 227 g/mol. The highest BCUT2D eigenvalue weighted by Gasteiger charge is 2.37. The van der Waals surface area contributed by atoms with E-state index in [0.29, 0.717) is 6.04 Å². The van der Waals surface area contributed by atoms with Crippen molar-refractivity contribution in [3.8, 4) is 0 Å². The first-order chi connectivity index (χ1) is 7.68. The highest BCUT2D eigenvalue weighted by molar-refractivity contribution is 5.71. The van der Waals surface area contributed by atoms with Crippen LogP contribution >= 0.6 is 0 Å². The van der Waals surface area contributed by atoms with E-state index in [1.165, 1.54) is 0 Å². The van der Waals surface area contributed by atoms with E-state index in [0.717, 1.165) is 45.6 Å². The fraction of sp³-hybridized carbons (Fsp3) is 0.917. The first kappa shape index (κ1) is 11.9. The lowest BCUT2D eigenvalue weighted by Gasteiger charge is -2.26. The Morgan fingerprint density at radius 2 is 2.12 bits per heavy atom. The highest BCUT2D eigenvalue weighted by Crippen LogP contribution is 2.28. The minimum Gasteiger partial charge on any atom is -0.481 e. The van der Waals surface area contributed by atoms with Gasteiger partial charge in [0.25, 0.3) is 0 Å². The molecular weight excluding hydrogens is 206 g/mol. The normalized spacial score (nSPS) is 37.2. The van der Waals surface area contributed by atoms with Crippen molar-refractivity contribution < 1.29 is 14.6 Å². The molecule has 0 aromatic heterocycles. The zero-order chi connectivity index (χ0) is 11.5. The summed E-state index contributed by atoms with van der Waals surface area (Å²) in [6.07, 6.45) is 3.31. The van der Waals surface area contributed by atoms with Crippen LogP contribution in [-0.2, 0) is 9.53 Å². The van der Waals surface area contributed by atoms with E-state index in [1.807, 2.05) is 6.92 Å². The quantitative estimate of drug-likeness (QED) is 0.770. The molecule has 2 rings (SSSR count). The summed E-state index contributed by atoms with van der Waals surface area (Å²) in [4.78, 5) is 13.4. The zero-order valence-corrected chi connectivity index (χ0v) is 9.89. The predicted molar refractivity (Wildman–Crippen MR) is 60.3 cm³/mol. The third-order valence-corrected chi connectivity index (χ3v) is 3.90. The summed E-state index contributed by atoms with van der Waals surface area (Å²) in [5.41, 5.74) is 0. The van der Waals surface area contributed by atoms with Crippen LogP contribution < -0.4 is 0 Å². The Balaban J connectivity index is 1.93. The largest absolute Gasteiger partial charge is 0.481 e. The van der Waals surface area contributed by atoms with Gasteiger partial charge in [0.1, 0.15) is 0 Å². The van der Waals surface area contributed by atoms with E-state index in [-0.39, 0.29) is 11.8 Å². The maximum atomic E-state index is 11.1. The molecule has 4 heteroatoms. The van der Waals surface area contributed by atoms with Gasteiger partial charge in [-0.3, -0.25) is 9.69 Å². The van der Waals surface area contributed by atoms with E-state index in [1.54, 1.807) is 0 Å². The number of carbonyl (C=O) groups is 1. The van der Waals surface area contributed by atoms with E-state index in [4.69, 9.17) is 9.84 Å². The molecule has 16 heavy (non-hydrogen) atoms. The molecule has 0 spiro atoms. The smallest absolute Gasteiger partial charge is 0.308 e. The number of nitrogens with zero attached hydrogens (tertiary/aromatic N) is 1. The molecule has 2 fully saturated rings. The van der Waals surface area contributed by atoms with E-state index < -0.39 is 5.97 Å².